The van der Waals surface area contributed by atoms with Crippen molar-refractivity contribution < 1.29 is 39.2 Å². The zero-order chi connectivity index (χ0) is 30.9. The van der Waals surface area contributed by atoms with Crippen molar-refractivity contribution in [1.82, 2.24) is 0 Å². The highest BCUT2D eigenvalue weighted by molar-refractivity contribution is 6.09. The number of carbonyl (C=O) groups is 4. The monoisotopic (exact) mass is 570 g/mol. The van der Waals surface area contributed by atoms with Gasteiger partial charge in [0.25, 0.3) is 0 Å². The molecule has 0 aliphatic rings. The molecule has 0 aromatic carbocycles. The lowest BCUT2D eigenvalue weighted by atomic mass is 9.57. The van der Waals surface area contributed by atoms with Crippen LogP contribution in [0.15, 0.2) is 0 Å². The average molecular weight is 571 g/mol. The zero-order valence-corrected chi connectivity index (χ0v) is 26.3. The van der Waals surface area contributed by atoms with E-state index in [2.05, 4.69) is 0 Å². The Morgan fingerprint density at radius 2 is 1.12 bits per heavy atom. The smallest absolute Gasteiger partial charge is 0.338 e. The van der Waals surface area contributed by atoms with Gasteiger partial charge in [-0.2, -0.15) is 0 Å². The minimum absolute atomic E-state index is 0.0715. The van der Waals surface area contributed by atoms with Crippen molar-refractivity contribution in [3.63, 3.8) is 0 Å². The summed E-state index contributed by atoms with van der Waals surface area (Å²) in [5.74, 6) is -7.83. The minimum Gasteiger partial charge on any atom is -0.481 e. The van der Waals surface area contributed by atoms with Gasteiger partial charge < -0.3 is 20.1 Å². The summed E-state index contributed by atoms with van der Waals surface area (Å²) >= 11 is 0. The number of carboxylic acids is 3. The molecule has 0 spiro atoms. The molecule has 0 saturated carbocycles. The van der Waals surface area contributed by atoms with Crippen molar-refractivity contribution in [2.75, 3.05) is 6.61 Å². The molecule has 6 unspecified atom stereocenters. The summed E-state index contributed by atoms with van der Waals surface area (Å²) < 4.78 is 6.27. The van der Waals surface area contributed by atoms with E-state index in [0.29, 0.717) is 32.1 Å². The van der Waals surface area contributed by atoms with E-state index >= 15 is 0 Å². The first-order valence-corrected chi connectivity index (χ1v) is 15.7. The van der Waals surface area contributed by atoms with Crippen molar-refractivity contribution in [1.29, 1.82) is 0 Å². The second-order valence-electron chi connectivity index (χ2n) is 11.7. The van der Waals surface area contributed by atoms with E-state index in [-0.39, 0.29) is 37.2 Å². The molecule has 0 heterocycles. The van der Waals surface area contributed by atoms with Crippen LogP contribution in [0.1, 0.15) is 138 Å². The Balaban J connectivity index is 7.43. The molecule has 8 nitrogen and oxygen atoms in total. The number of carboxylic acid groups (broad SMARTS) is 3. The summed E-state index contributed by atoms with van der Waals surface area (Å²) in [7, 11) is 0. The lowest BCUT2D eigenvalue weighted by Crippen LogP contribution is -2.69. The van der Waals surface area contributed by atoms with Crippen LogP contribution in [0.5, 0.6) is 0 Å². The molecule has 0 saturated heterocycles. The quantitative estimate of drug-likeness (QED) is 0.0953. The maximum atomic E-state index is 13.6. The van der Waals surface area contributed by atoms with Gasteiger partial charge in [-0.1, -0.05) is 112 Å². The van der Waals surface area contributed by atoms with E-state index in [0.717, 1.165) is 51.9 Å². The van der Waals surface area contributed by atoms with Crippen molar-refractivity contribution >= 4 is 23.7 Å². The number of carbonyl (C=O) groups excluding carboxylic acids is 1. The van der Waals surface area contributed by atoms with Crippen molar-refractivity contribution in [2.45, 2.75) is 144 Å². The Hall–Kier alpha value is -1.96. The fourth-order valence-corrected chi connectivity index (χ4v) is 6.15. The van der Waals surface area contributed by atoms with E-state index in [1.165, 1.54) is 0 Å². The summed E-state index contributed by atoms with van der Waals surface area (Å²) in [5, 5.41) is 32.4. The lowest BCUT2D eigenvalue weighted by molar-refractivity contribution is -0.222. The van der Waals surface area contributed by atoms with Crippen LogP contribution in [0.3, 0.4) is 0 Å². The van der Waals surface area contributed by atoms with Crippen molar-refractivity contribution in [3.05, 3.63) is 0 Å². The fraction of sp³-hybridized carbons (Fsp3) is 0.875. The number of hydrogen-bond donors (Lipinski definition) is 3. The SMILES string of the molecule is CCCCC(CC)COC(C(=O)O)(C(CC(CC)CCCC)C(=O)O)C(CC(CC)CCCC)(C(C)=O)C(=O)O. The van der Waals surface area contributed by atoms with Crippen LogP contribution in [0.4, 0.5) is 0 Å². The second kappa shape index (κ2) is 19.2. The number of Topliss-reactive ketones (excluding diaryl/α,β-unsaturated/α-hetero) is 1. The van der Waals surface area contributed by atoms with Gasteiger partial charge >= 0.3 is 17.9 Å². The van der Waals surface area contributed by atoms with E-state index in [1.807, 2.05) is 41.5 Å². The van der Waals surface area contributed by atoms with Gasteiger partial charge in [-0.05, 0) is 43.9 Å². The van der Waals surface area contributed by atoms with Crippen LogP contribution in [-0.2, 0) is 23.9 Å². The third-order valence-corrected chi connectivity index (χ3v) is 9.05. The van der Waals surface area contributed by atoms with E-state index < -0.39 is 40.6 Å². The van der Waals surface area contributed by atoms with E-state index in [1.54, 1.807) is 0 Å². The predicted octanol–water partition coefficient (Wildman–Crippen LogP) is 7.62. The first-order valence-electron chi connectivity index (χ1n) is 15.7. The Morgan fingerprint density at radius 3 is 1.48 bits per heavy atom. The molecule has 0 aromatic rings. The molecule has 0 bridgehead atoms. The molecule has 0 amide bonds. The molecule has 40 heavy (non-hydrogen) atoms. The first-order chi connectivity index (χ1) is 18.9. The molecule has 0 radical (unpaired) electrons. The third kappa shape index (κ3) is 9.56. The Bertz CT molecular complexity index is 765. The van der Waals surface area contributed by atoms with Crippen LogP contribution < -0.4 is 0 Å². The normalized spacial score (nSPS) is 17.7. The highest BCUT2D eigenvalue weighted by atomic mass is 16.5. The molecule has 8 heteroatoms. The van der Waals surface area contributed by atoms with Crippen molar-refractivity contribution in [2.24, 2.45) is 29.1 Å². The Labute approximate surface area is 242 Å². The average Bonchev–Trinajstić information content (AvgIpc) is 2.91. The third-order valence-electron chi connectivity index (χ3n) is 9.05. The number of ether oxygens (including phenoxy) is 1. The Kier molecular flexibility index (Phi) is 18.3. The molecular formula is C32H58O8. The largest absolute Gasteiger partial charge is 0.481 e. The van der Waals surface area contributed by atoms with E-state index in [9.17, 15) is 34.5 Å². The van der Waals surface area contributed by atoms with Gasteiger partial charge in [0.05, 0.1) is 12.5 Å². The topological polar surface area (TPSA) is 138 Å². The van der Waals surface area contributed by atoms with Gasteiger partial charge in [0.15, 0.2) is 11.2 Å². The maximum Gasteiger partial charge on any atom is 0.338 e. The fourth-order valence-electron chi connectivity index (χ4n) is 6.15. The first kappa shape index (κ1) is 38.0. The van der Waals surface area contributed by atoms with Gasteiger partial charge in [0, 0.05) is 0 Å². The van der Waals surface area contributed by atoms with Gasteiger partial charge in [0.2, 0.25) is 5.60 Å². The van der Waals surface area contributed by atoms with Crippen LogP contribution in [0, 0.1) is 29.1 Å². The van der Waals surface area contributed by atoms with Crippen LogP contribution >= 0.6 is 0 Å². The molecule has 0 rings (SSSR count). The van der Waals surface area contributed by atoms with Crippen molar-refractivity contribution in [3.8, 4) is 0 Å². The highest BCUT2D eigenvalue weighted by Crippen LogP contribution is 2.50. The molecular weight excluding hydrogens is 512 g/mol. The molecule has 0 aromatic heterocycles. The van der Waals surface area contributed by atoms with Crippen LogP contribution in [-0.4, -0.2) is 51.2 Å². The van der Waals surface area contributed by atoms with Gasteiger partial charge in [-0.15, -0.1) is 0 Å². The summed E-state index contributed by atoms with van der Waals surface area (Å²) in [6, 6.07) is 0. The number of aliphatic carboxylic acids is 3. The van der Waals surface area contributed by atoms with Gasteiger partial charge in [-0.25, -0.2) is 4.79 Å². The molecule has 234 valence electrons. The molecule has 3 N–H and O–H groups in total. The zero-order valence-electron chi connectivity index (χ0n) is 26.3. The highest BCUT2D eigenvalue weighted by Gasteiger charge is 2.71. The number of unbranched alkanes of at least 4 members (excludes halogenated alkanes) is 3. The maximum absolute atomic E-state index is 13.6. The summed E-state index contributed by atoms with van der Waals surface area (Å²) in [5.41, 5.74) is -5.31. The van der Waals surface area contributed by atoms with Crippen LogP contribution in [0.2, 0.25) is 0 Å². The second-order valence-corrected chi connectivity index (χ2v) is 11.7. The molecule has 6 atom stereocenters. The summed E-state index contributed by atoms with van der Waals surface area (Å²) in [6.45, 7) is 12.8. The number of rotatable bonds is 25. The predicted molar refractivity (Wildman–Crippen MR) is 157 cm³/mol. The Morgan fingerprint density at radius 1 is 0.675 bits per heavy atom. The lowest BCUT2D eigenvalue weighted by Gasteiger charge is -2.48. The minimum atomic E-state index is -2.75. The molecule has 0 aliphatic heterocycles. The van der Waals surface area contributed by atoms with Crippen LogP contribution in [0.25, 0.3) is 0 Å². The number of ketones is 1. The molecule has 0 aliphatic carbocycles. The molecule has 0 fully saturated rings. The summed E-state index contributed by atoms with van der Waals surface area (Å²) in [6.07, 6.45) is 8.71. The summed E-state index contributed by atoms with van der Waals surface area (Å²) in [4.78, 5) is 53.5. The number of hydrogen-bond acceptors (Lipinski definition) is 5. The van der Waals surface area contributed by atoms with Gasteiger partial charge in [-0.3, -0.25) is 14.4 Å². The van der Waals surface area contributed by atoms with Gasteiger partial charge in [0.1, 0.15) is 0 Å². The standard InChI is InChI=1S/C32H58O8/c1-8-14-17-24(11-4)20-27(28(34)35)32(30(38)39,40-22-26(13-6)19-16-10-3)31(23(7)33,29(36)37)21-25(12-5)18-15-9-2/h24-27H,8-22H2,1-7H3,(H,34,35)(H,36,37)(H,38,39). The van der Waals surface area contributed by atoms with E-state index in [4.69, 9.17) is 4.74 Å².